The van der Waals surface area contributed by atoms with Gasteiger partial charge in [-0.25, -0.2) is 9.48 Å². The van der Waals surface area contributed by atoms with Gasteiger partial charge in [0.2, 0.25) is 0 Å². The molecule has 7 heteroatoms. The molecule has 0 saturated carbocycles. The second kappa shape index (κ2) is 3.81. The van der Waals surface area contributed by atoms with Gasteiger partial charge in [0.1, 0.15) is 5.69 Å². The Morgan fingerprint density at radius 3 is 3.00 bits per heavy atom. The summed E-state index contributed by atoms with van der Waals surface area (Å²) < 4.78 is 7.99. The maximum Gasteiger partial charge on any atom is 0.419 e. The van der Waals surface area contributed by atoms with Crippen molar-refractivity contribution in [2.75, 3.05) is 0 Å². The summed E-state index contributed by atoms with van der Waals surface area (Å²) in [5.41, 5.74) is 2.43. The highest BCUT2D eigenvalue weighted by molar-refractivity contribution is 5.75. The first-order valence-corrected chi connectivity index (χ1v) is 5.31. The van der Waals surface area contributed by atoms with E-state index in [1.807, 2.05) is 0 Å². The second-order valence-electron chi connectivity index (χ2n) is 3.89. The molecule has 0 saturated heterocycles. The van der Waals surface area contributed by atoms with Gasteiger partial charge in [-0.05, 0) is 18.2 Å². The number of benzene rings is 1. The van der Waals surface area contributed by atoms with Crippen molar-refractivity contribution in [1.29, 1.82) is 0 Å². The molecule has 0 aliphatic carbocycles. The summed E-state index contributed by atoms with van der Waals surface area (Å²) in [6, 6.07) is 5.24. The van der Waals surface area contributed by atoms with Gasteiger partial charge in [-0.1, -0.05) is 5.21 Å². The minimum absolute atomic E-state index is 0.160. The molecule has 0 spiro atoms. The Kier molecular flexibility index (Phi) is 2.27. The Bertz CT molecular complexity index is 768. The minimum atomic E-state index is -0.406. The van der Waals surface area contributed by atoms with Crippen LogP contribution in [0.15, 0.2) is 33.6 Å². The maximum absolute atomic E-state index is 11.4. The number of aryl methyl sites for hydroxylation is 1. The molecule has 18 heavy (non-hydrogen) atoms. The lowest BCUT2D eigenvalue weighted by Gasteiger charge is -1.99. The van der Waals surface area contributed by atoms with E-state index in [9.17, 15) is 4.79 Å². The second-order valence-corrected chi connectivity index (χ2v) is 3.89. The van der Waals surface area contributed by atoms with Crippen molar-refractivity contribution >= 4 is 11.1 Å². The monoisotopic (exact) mass is 246 g/mol. The van der Waals surface area contributed by atoms with Crippen LogP contribution in [-0.4, -0.2) is 24.7 Å². The fourth-order valence-corrected chi connectivity index (χ4v) is 1.75. The van der Waals surface area contributed by atoms with Crippen LogP contribution in [0.2, 0.25) is 0 Å². The zero-order valence-electron chi connectivity index (χ0n) is 9.57. The van der Waals surface area contributed by atoms with Gasteiger partial charge in [0.25, 0.3) is 0 Å². The van der Waals surface area contributed by atoms with Crippen LogP contribution in [0.25, 0.3) is 16.8 Å². The molecule has 2 aromatic heterocycles. The van der Waals surface area contributed by atoms with Crippen molar-refractivity contribution in [3.8, 4) is 5.69 Å². The summed E-state index contributed by atoms with van der Waals surface area (Å²) >= 11 is 0. The lowest BCUT2D eigenvalue weighted by Crippen LogP contribution is -2.08. The molecule has 92 valence electrons. The first kappa shape index (κ1) is 10.7. The predicted octanol–water partition coefficient (Wildman–Crippen LogP) is 0.204. The van der Waals surface area contributed by atoms with Crippen LogP contribution < -0.4 is 5.76 Å². The molecular weight excluding hydrogens is 236 g/mol. The summed E-state index contributed by atoms with van der Waals surface area (Å²) in [7, 11) is 1.64. The summed E-state index contributed by atoms with van der Waals surface area (Å²) in [6.07, 6.45) is 1.62. The number of aliphatic hydroxyl groups excluding tert-OH is 1. The number of hydrogen-bond donors (Lipinski definition) is 1. The zero-order valence-corrected chi connectivity index (χ0v) is 9.57. The topological polar surface area (TPSA) is 86.1 Å². The highest BCUT2D eigenvalue weighted by Crippen LogP contribution is 2.16. The number of aliphatic hydroxyl groups is 1. The van der Waals surface area contributed by atoms with Crippen LogP contribution in [-0.2, 0) is 13.7 Å². The van der Waals surface area contributed by atoms with E-state index in [-0.39, 0.29) is 6.61 Å². The van der Waals surface area contributed by atoms with E-state index in [1.54, 1.807) is 31.4 Å². The Hall–Kier alpha value is -2.41. The van der Waals surface area contributed by atoms with Crippen molar-refractivity contribution in [2.24, 2.45) is 7.05 Å². The smallest absolute Gasteiger partial charge is 0.408 e. The van der Waals surface area contributed by atoms with Gasteiger partial charge in [-0.2, -0.15) is 0 Å². The third-order valence-electron chi connectivity index (χ3n) is 2.74. The molecule has 0 unspecified atom stereocenters. The summed E-state index contributed by atoms with van der Waals surface area (Å²) in [4.78, 5) is 11.4. The Morgan fingerprint density at radius 2 is 2.28 bits per heavy atom. The molecule has 0 radical (unpaired) electrons. The number of oxazole rings is 1. The van der Waals surface area contributed by atoms with Gasteiger partial charge in [0.05, 0.1) is 24.0 Å². The third kappa shape index (κ3) is 1.52. The molecule has 0 atom stereocenters. The first-order valence-electron chi connectivity index (χ1n) is 5.31. The quantitative estimate of drug-likeness (QED) is 0.698. The molecule has 3 rings (SSSR count). The Labute approximate surface area is 101 Å². The molecule has 2 heterocycles. The van der Waals surface area contributed by atoms with E-state index in [0.717, 1.165) is 5.69 Å². The highest BCUT2D eigenvalue weighted by Gasteiger charge is 2.08. The molecule has 7 nitrogen and oxygen atoms in total. The predicted molar refractivity (Wildman–Crippen MR) is 62.3 cm³/mol. The lowest BCUT2D eigenvalue weighted by molar-refractivity contribution is 0.276. The van der Waals surface area contributed by atoms with Crippen LogP contribution >= 0.6 is 0 Å². The normalized spacial score (nSPS) is 11.2. The van der Waals surface area contributed by atoms with Crippen LogP contribution in [0.3, 0.4) is 0 Å². The number of aromatic nitrogens is 4. The highest BCUT2D eigenvalue weighted by atomic mass is 16.4. The molecule has 0 aliphatic rings. The number of fused-ring (bicyclic) bond motifs is 1. The van der Waals surface area contributed by atoms with Crippen molar-refractivity contribution in [3.05, 3.63) is 40.6 Å². The molecule has 1 aromatic carbocycles. The van der Waals surface area contributed by atoms with E-state index < -0.39 is 5.76 Å². The molecule has 0 amide bonds. The summed E-state index contributed by atoms with van der Waals surface area (Å²) in [6.45, 7) is -0.160. The minimum Gasteiger partial charge on any atom is -0.408 e. The van der Waals surface area contributed by atoms with E-state index >= 15 is 0 Å². The SMILES string of the molecule is Cn1c(=O)oc2ccc(-n3cc(CO)nn3)cc21. The van der Waals surface area contributed by atoms with Crippen molar-refractivity contribution in [3.63, 3.8) is 0 Å². The number of hydrogen-bond acceptors (Lipinski definition) is 5. The molecule has 3 aromatic rings. The van der Waals surface area contributed by atoms with Crippen LogP contribution in [0.4, 0.5) is 0 Å². The average molecular weight is 246 g/mol. The summed E-state index contributed by atoms with van der Waals surface area (Å²) in [5.74, 6) is -0.406. The van der Waals surface area contributed by atoms with E-state index in [4.69, 9.17) is 9.52 Å². The Morgan fingerprint density at radius 1 is 1.44 bits per heavy atom. The van der Waals surface area contributed by atoms with Crippen LogP contribution in [0.5, 0.6) is 0 Å². The lowest BCUT2D eigenvalue weighted by atomic mass is 10.3. The molecule has 0 aliphatic heterocycles. The van der Waals surface area contributed by atoms with E-state index in [0.29, 0.717) is 16.8 Å². The number of rotatable bonds is 2. The average Bonchev–Trinajstić information content (AvgIpc) is 2.96. The van der Waals surface area contributed by atoms with Gasteiger partial charge in [0.15, 0.2) is 5.58 Å². The molecule has 0 bridgehead atoms. The van der Waals surface area contributed by atoms with Gasteiger partial charge < -0.3 is 9.52 Å². The van der Waals surface area contributed by atoms with Gasteiger partial charge >= 0.3 is 5.76 Å². The van der Waals surface area contributed by atoms with Gasteiger partial charge in [0, 0.05) is 7.05 Å². The standard InChI is InChI=1S/C11H10N4O3/c1-14-9-4-8(2-3-10(9)18-11(14)17)15-5-7(6-16)12-13-15/h2-5,16H,6H2,1H3. The zero-order chi connectivity index (χ0) is 12.7. The molecule has 1 N–H and O–H groups in total. The molecule has 0 fully saturated rings. The maximum atomic E-state index is 11.4. The Balaban J connectivity index is 2.18. The van der Waals surface area contributed by atoms with Crippen molar-refractivity contribution in [1.82, 2.24) is 19.6 Å². The fourth-order valence-electron chi connectivity index (χ4n) is 1.75. The van der Waals surface area contributed by atoms with Crippen LogP contribution in [0, 0.1) is 0 Å². The summed E-state index contributed by atoms with van der Waals surface area (Å²) in [5, 5.41) is 16.6. The van der Waals surface area contributed by atoms with Crippen molar-refractivity contribution in [2.45, 2.75) is 6.61 Å². The first-order chi connectivity index (χ1) is 8.69. The van der Waals surface area contributed by atoms with Crippen LogP contribution in [0.1, 0.15) is 5.69 Å². The van der Waals surface area contributed by atoms with Gasteiger partial charge in [-0.15, -0.1) is 5.10 Å². The van der Waals surface area contributed by atoms with Crippen molar-refractivity contribution < 1.29 is 9.52 Å². The largest absolute Gasteiger partial charge is 0.419 e. The fraction of sp³-hybridized carbons (Fsp3) is 0.182. The molecular formula is C11H10N4O3. The van der Waals surface area contributed by atoms with E-state index in [2.05, 4.69) is 10.3 Å². The van der Waals surface area contributed by atoms with E-state index in [1.165, 1.54) is 9.25 Å². The van der Waals surface area contributed by atoms with Gasteiger partial charge in [-0.3, -0.25) is 4.57 Å². The number of nitrogens with zero attached hydrogens (tertiary/aromatic N) is 4. The third-order valence-corrected chi connectivity index (χ3v) is 2.74.